The zero-order chi connectivity index (χ0) is 21.1. The molecule has 1 saturated heterocycles. The second-order valence-electron chi connectivity index (χ2n) is 7.19. The van der Waals surface area contributed by atoms with Gasteiger partial charge in [0, 0.05) is 31.7 Å². The Morgan fingerprint density at radius 2 is 1.87 bits per heavy atom. The average Bonchev–Trinajstić information content (AvgIpc) is 3.25. The molecule has 0 saturated carbocycles. The van der Waals surface area contributed by atoms with Crippen LogP contribution in [-0.2, 0) is 0 Å². The molecule has 4 rings (SSSR count). The monoisotopic (exact) mass is 427 g/mol. The number of benzene rings is 2. The Morgan fingerprint density at radius 3 is 2.60 bits per heavy atom. The Balaban J connectivity index is 1.54. The highest BCUT2D eigenvalue weighted by atomic mass is 35.5. The maximum atomic E-state index is 13.5. The number of piperazine rings is 1. The molecule has 156 valence electrons. The predicted octanol–water partition coefficient (Wildman–Crippen LogP) is 5.13. The zero-order valence-electron chi connectivity index (χ0n) is 16.7. The topological polar surface area (TPSA) is 48.7 Å². The number of nitrogens with zero attached hydrogens (tertiary/aromatic N) is 2. The number of hydrogen-bond acceptors (Lipinski definition) is 4. The Kier molecular flexibility index (Phi) is 6.06. The Hall–Kier alpha value is -2.83. The van der Waals surface area contributed by atoms with Gasteiger partial charge in [0.25, 0.3) is 5.91 Å². The van der Waals surface area contributed by atoms with Gasteiger partial charge in [0.15, 0.2) is 5.76 Å². The van der Waals surface area contributed by atoms with Gasteiger partial charge in [0.2, 0.25) is 0 Å². The molecular weight excluding hydrogens is 405 g/mol. The molecule has 7 heteroatoms. The lowest BCUT2D eigenvalue weighted by Gasteiger charge is -2.36. The standard InChI is InChI=1S/C23H23ClFN3O2/c1-2-27-11-13-28(14-12-27)22-18(24)7-4-8-19(22)26-23(29)21-10-9-20(30-21)16-5-3-6-17(25)15-16/h3-10,15H,2,11-14H2,1H3,(H,26,29). The summed E-state index contributed by atoms with van der Waals surface area (Å²) in [4.78, 5) is 17.4. The number of likely N-dealkylation sites (N-methyl/N-ethyl adjacent to an activating group) is 1. The molecule has 3 aromatic rings. The van der Waals surface area contributed by atoms with Crippen molar-refractivity contribution in [2.45, 2.75) is 6.92 Å². The summed E-state index contributed by atoms with van der Waals surface area (Å²) in [5.41, 5.74) is 2.03. The van der Waals surface area contributed by atoms with Crippen LogP contribution in [0.3, 0.4) is 0 Å². The third-order valence-corrected chi connectivity index (χ3v) is 5.61. The molecule has 2 aromatic carbocycles. The van der Waals surface area contributed by atoms with Crippen molar-refractivity contribution in [1.29, 1.82) is 0 Å². The summed E-state index contributed by atoms with van der Waals surface area (Å²) in [5, 5.41) is 3.51. The van der Waals surface area contributed by atoms with Crippen molar-refractivity contribution in [3.05, 3.63) is 71.2 Å². The molecular formula is C23H23ClFN3O2. The smallest absolute Gasteiger partial charge is 0.291 e. The number of halogens is 2. The SMILES string of the molecule is CCN1CCN(c2c(Cl)cccc2NC(=O)c2ccc(-c3cccc(F)c3)o2)CC1. The molecule has 0 atom stereocenters. The first-order valence-corrected chi connectivity index (χ1v) is 10.4. The van der Waals surface area contributed by atoms with E-state index in [1.807, 2.05) is 18.2 Å². The highest BCUT2D eigenvalue weighted by Gasteiger charge is 2.22. The van der Waals surface area contributed by atoms with E-state index in [1.165, 1.54) is 12.1 Å². The van der Waals surface area contributed by atoms with Crippen LogP contribution < -0.4 is 10.2 Å². The van der Waals surface area contributed by atoms with Crippen LogP contribution in [0.15, 0.2) is 59.0 Å². The second-order valence-corrected chi connectivity index (χ2v) is 7.59. The lowest BCUT2D eigenvalue weighted by molar-refractivity contribution is 0.0997. The number of para-hydroxylation sites is 1. The van der Waals surface area contributed by atoms with Crippen molar-refractivity contribution in [2.24, 2.45) is 0 Å². The molecule has 0 aliphatic carbocycles. The zero-order valence-corrected chi connectivity index (χ0v) is 17.5. The van der Waals surface area contributed by atoms with Gasteiger partial charge in [0.1, 0.15) is 11.6 Å². The summed E-state index contributed by atoms with van der Waals surface area (Å²) >= 11 is 6.50. The maximum Gasteiger partial charge on any atom is 0.291 e. The van der Waals surface area contributed by atoms with E-state index in [2.05, 4.69) is 22.0 Å². The Morgan fingerprint density at radius 1 is 1.10 bits per heavy atom. The first kappa shape index (κ1) is 20.4. The van der Waals surface area contributed by atoms with Crippen LogP contribution in [0, 0.1) is 5.82 Å². The van der Waals surface area contributed by atoms with E-state index in [9.17, 15) is 9.18 Å². The van der Waals surface area contributed by atoms with Gasteiger partial charge in [0.05, 0.1) is 16.4 Å². The fourth-order valence-electron chi connectivity index (χ4n) is 3.67. The van der Waals surface area contributed by atoms with Gasteiger partial charge in [-0.25, -0.2) is 4.39 Å². The van der Waals surface area contributed by atoms with E-state index in [-0.39, 0.29) is 17.5 Å². The Bertz CT molecular complexity index is 1040. The van der Waals surface area contributed by atoms with Crippen LogP contribution in [0.5, 0.6) is 0 Å². The molecule has 1 aliphatic heterocycles. The molecule has 0 radical (unpaired) electrons. The summed E-state index contributed by atoms with van der Waals surface area (Å²) in [7, 11) is 0. The molecule has 30 heavy (non-hydrogen) atoms. The molecule has 1 N–H and O–H groups in total. The van der Waals surface area contributed by atoms with Crippen LogP contribution in [-0.4, -0.2) is 43.5 Å². The van der Waals surface area contributed by atoms with Crippen molar-refractivity contribution in [3.8, 4) is 11.3 Å². The minimum Gasteiger partial charge on any atom is -0.451 e. The molecule has 1 aliphatic rings. The number of nitrogens with one attached hydrogen (secondary N) is 1. The van der Waals surface area contributed by atoms with Crippen LogP contribution >= 0.6 is 11.6 Å². The van der Waals surface area contributed by atoms with E-state index in [1.54, 1.807) is 24.3 Å². The molecule has 2 heterocycles. The summed E-state index contributed by atoms with van der Waals surface area (Å²) < 4.78 is 19.1. The van der Waals surface area contributed by atoms with Gasteiger partial charge in [-0.15, -0.1) is 0 Å². The number of furan rings is 1. The summed E-state index contributed by atoms with van der Waals surface area (Å²) in [6.45, 7) is 6.74. The first-order chi connectivity index (χ1) is 14.5. The van der Waals surface area contributed by atoms with Crippen LogP contribution in [0.2, 0.25) is 5.02 Å². The van der Waals surface area contributed by atoms with Crippen LogP contribution in [0.25, 0.3) is 11.3 Å². The molecule has 1 fully saturated rings. The van der Waals surface area contributed by atoms with Crippen molar-refractivity contribution < 1.29 is 13.6 Å². The highest BCUT2D eigenvalue weighted by molar-refractivity contribution is 6.34. The quantitative estimate of drug-likeness (QED) is 0.613. The Labute approximate surface area is 180 Å². The third kappa shape index (κ3) is 4.35. The van der Waals surface area contributed by atoms with Gasteiger partial charge in [-0.05, 0) is 42.9 Å². The molecule has 0 bridgehead atoms. The van der Waals surface area contributed by atoms with Gasteiger partial charge in [-0.2, -0.15) is 0 Å². The van der Waals surface area contributed by atoms with E-state index in [0.29, 0.717) is 22.0 Å². The van der Waals surface area contributed by atoms with Crippen LogP contribution in [0.4, 0.5) is 15.8 Å². The number of amides is 1. The van der Waals surface area contributed by atoms with Gasteiger partial charge >= 0.3 is 0 Å². The highest BCUT2D eigenvalue weighted by Crippen LogP contribution is 2.35. The minimum absolute atomic E-state index is 0.149. The normalized spacial score (nSPS) is 14.7. The van der Waals surface area contributed by atoms with Gasteiger partial charge < -0.3 is 19.5 Å². The number of hydrogen-bond donors (Lipinski definition) is 1. The summed E-state index contributed by atoms with van der Waals surface area (Å²) in [5.74, 6) is -0.160. The van der Waals surface area contributed by atoms with Crippen LogP contribution in [0.1, 0.15) is 17.5 Å². The molecule has 0 unspecified atom stereocenters. The lowest BCUT2D eigenvalue weighted by Crippen LogP contribution is -2.46. The molecule has 0 spiro atoms. The van der Waals surface area contributed by atoms with Crippen molar-refractivity contribution >= 4 is 28.9 Å². The number of carbonyl (C=O) groups excluding carboxylic acids is 1. The predicted molar refractivity (Wildman–Crippen MR) is 118 cm³/mol. The van der Waals surface area contributed by atoms with Crippen molar-refractivity contribution in [2.75, 3.05) is 42.9 Å². The van der Waals surface area contributed by atoms with Crippen molar-refractivity contribution in [1.82, 2.24) is 4.90 Å². The fraction of sp³-hybridized carbons (Fsp3) is 0.261. The first-order valence-electron chi connectivity index (χ1n) is 9.98. The summed E-state index contributed by atoms with van der Waals surface area (Å²) in [6.07, 6.45) is 0. The maximum absolute atomic E-state index is 13.5. The molecule has 1 amide bonds. The van der Waals surface area contributed by atoms with Crippen molar-refractivity contribution in [3.63, 3.8) is 0 Å². The minimum atomic E-state index is -0.381. The van der Waals surface area contributed by atoms with Gasteiger partial charge in [-0.1, -0.05) is 36.7 Å². The van der Waals surface area contributed by atoms with E-state index in [0.717, 1.165) is 38.4 Å². The summed E-state index contributed by atoms with van der Waals surface area (Å²) in [6, 6.07) is 14.8. The number of rotatable bonds is 5. The third-order valence-electron chi connectivity index (χ3n) is 5.31. The number of anilines is 2. The van der Waals surface area contributed by atoms with E-state index < -0.39 is 0 Å². The molecule has 5 nitrogen and oxygen atoms in total. The fourth-order valence-corrected chi connectivity index (χ4v) is 3.96. The van der Waals surface area contributed by atoms with E-state index >= 15 is 0 Å². The molecule has 1 aromatic heterocycles. The van der Waals surface area contributed by atoms with E-state index in [4.69, 9.17) is 16.0 Å². The largest absolute Gasteiger partial charge is 0.451 e. The lowest BCUT2D eigenvalue weighted by atomic mass is 10.2. The number of carbonyl (C=O) groups is 1. The second kappa shape index (κ2) is 8.90. The average molecular weight is 428 g/mol. The van der Waals surface area contributed by atoms with Gasteiger partial charge in [-0.3, -0.25) is 4.79 Å².